The third-order valence-electron chi connectivity index (χ3n) is 8.35. The van der Waals surface area contributed by atoms with E-state index in [1.807, 2.05) is 10.8 Å². The number of phenolic OH excluding ortho intramolecular Hbond substituents is 2. The lowest BCUT2D eigenvalue weighted by molar-refractivity contribution is -0.121. The highest BCUT2D eigenvalue weighted by atomic mass is 16.5. The van der Waals surface area contributed by atoms with E-state index < -0.39 is 23.7 Å². The van der Waals surface area contributed by atoms with Crippen molar-refractivity contribution in [2.45, 2.75) is 76.9 Å². The molecule has 258 valence electrons. The number of Topliss-reactive ketones (excluding diaryl/α,β-unsaturated/α-hetero) is 1. The number of aryl methyl sites for hydroxylation is 1. The number of imidazole rings is 1. The molecule has 4 rings (SSSR count). The number of hydrogen-bond donors (Lipinski definition) is 3. The molecule has 0 bridgehead atoms. The van der Waals surface area contributed by atoms with Crippen molar-refractivity contribution in [1.29, 1.82) is 0 Å². The van der Waals surface area contributed by atoms with Crippen molar-refractivity contribution in [2.24, 2.45) is 0 Å². The van der Waals surface area contributed by atoms with Crippen molar-refractivity contribution in [3.05, 3.63) is 65.2 Å². The highest BCUT2D eigenvalue weighted by Gasteiger charge is 2.32. The zero-order valence-corrected chi connectivity index (χ0v) is 28.0. The van der Waals surface area contributed by atoms with Gasteiger partial charge in [0, 0.05) is 56.2 Å². The van der Waals surface area contributed by atoms with Crippen LogP contribution in [0.4, 0.5) is 0 Å². The molecule has 12 nitrogen and oxygen atoms in total. The standard InChI is InChI=1S/C36H45N3O9/c1-23-10-8-13-26(40)12-7-5-6-11-24-18-28(41)33(34(43)32(24)36(44)48-23)27(21-31(42)38-14-9-16-39-17-15-37-22-39)25-19-29(45-2)35(47-4)30(20-25)46-3/h6,11,15,17-20,22-23,27,41,43H,5,7-10,12-14,16,21H2,1-4H3,(H,38,42)/t23-,27?/m0/s1. The summed E-state index contributed by atoms with van der Waals surface area (Å²) in [6.07, 6.45) is 11.7. The Kier molecular flexibility index (Phi) is 12.9. The van der Waals surface area contributed by atoms with Crippen LogP contribution < -0.4 is 19.5 Å². The number of carbonyl (C=O) groups excluding carboxylic acids is 3. The van der Waals surface area contributed by atoms with Gasteiger partial charge in [0.1, 0.15) is 22.8 Å². The summed E-state index contributed by atoms with van der Waals surface area (Å²) in [5.74, 6) is -1.78. The van der Waals surface area contributed by atoms with Gasteiger partial charge in [-0.05, 0) is 68.4 Å². The molecule has 1 aliphatic heterocycles. The molecule has 1 amide bonds. The molecule has 0 saturated carbocycles. The van der Waals surface area contributed by atoms with Crippen LogP contribution in [0.25, 0.3) is 6.08 Å². The van der Waals surface area contributed by atoms with Gasteiger partial charge in [-0.1, -0.05) is 12.2 Å². The Morgan fingerprint density at radius 1 is 1.08 bits per heavy atom. The molecule has 2 aromatic carbocycles. The number of allylic oxidation sites excluding steroid dienone is 1. The second-order valence-electron chi connectivity index (χ2n) is 11.8. The second-order valence-corrected chi connectivity index (χ2v) is 11.8. The number of fused-ring (bicyclic) bond motifs is 1. The lowest BCUT2D eigenvalue weighted by Gasteiger charge is -2.24. The van der Waals surface area contributed by atoms with Crippen LogP contribution in [0.3, 0.4) is 0 Å². The number of nitrogens with zero attached hydrogens (tertiary/aromatic N) is 2. The van der Waals surface area contributed by atoms with E-state index in [2.05, 4.69) is 10.3 Å². The average molecular weight is 664 g/mol. The van der Waals surface area contributed by atoms with Gasteiger partial charge in [0.2, 0.25) is 11.7 Å². The van der Waals surface area contributed by atoms with Crippen LogP contribution in [-0.2, 0) is 20.9 Å². The van der Waals surface area contributed by atoms with E-state index in [0.717, 1.165) is 0 Å². The molecule has 0 radical (unpaired) electrons. The quantitative estimate of drug-likeness (QED) is 0.176. The first-order chi connectivity index (χ1) is 23.2. The Balaban J connectivity index is 1.78. The molecule has 1 unspecified atom stereocenters. The molecule has 12 heteroatoms. The number of hydrogen-bond acceptors (Lipinski definition) is 10. The zero-order chi connectivity index (χ0) is 34.6. The van der Waals surface area contributed by atoms with Crippen molar-refractivity contribution in [3.63, 3.8) is 0 Å². The van der Waals surface area contributed by atoms with Crippen LogP contribution in [-0.4, -0.2) is 71.4 Å². The Labute approximate surface area is 280 Å². The maximum Gasteiger partial charge on any atom is 0.342 e. The summed E-state index contributed by atoms with van der Waals surface area (Å²) in [6.45, 7) is 2.77. The molecule has 0 aliphatic carbocycles. The fourth-order valence-corrected chi connectivity index (χ4v) is 5.87. The molecule has 2 heterocycles. The van der Waals surface area contributed by atoms with E-state index in [9.17, 15) is 24.6 Å². The fraction of sp³-hybridized carbons (Fsp3) is 0.444. The third kappa shape index (κ3) is 9.08. The number of amides is 1. The van der Waals surface area contributed by atoms with Crippen LogP contribution >= 0.6 is 0 Å². The zero-order valence-electron chi connectivity index (χ0n) is 28.0. The van der Waals surface area contributed by atoms with Gasteiger partial charge >= 0.3 is 5.97 Å². The highest BCUT2D eigenvalue weighted by Crippen LogP contribution is 2.47. The first-order valence-electron chi connectivity index (χ1n) is 16.2. The van der Waals surface area contributed by atoms with Gasteiger partial charge < -0.3 is 39.0 Å². The van der Waals surface area contributed by atoms with Crippen LogP contribution in [0.2, 0.25) is 0 Å². The summed E-state index contributed by atoms with van der Waals surface area (Å²) >= 11 is 0. The van der Waals surface area contributed by atoms with Gasteiger partial charge in [0.15, 0.2) is 11.5 Å². The van der Waals surface area contributed by atoms with Gasteiger partial charge in [0.25, 0.3) is 0 Å². The molecule has 0 spiro atoms. The Morgan fingerprint density at radius 2 is 1.81 bits per heavy atom. The topological polar surface area (TPSA) is 158 Å². The molecule has 1 aliphatic rings. The summed E-state index contributed by atoms with van der Waals surface area (Å²) < 4.78 is 24.3. The number of benzene rings is 2. The van der Waals surface area contributed by atoms with Crippen LogP contribution in [0, 0.1) is 0 Å². The van der Waals surface area contributed by atoms with E-state index in [4.69, 9.17) is 18.9 Å². The van der Waals surface area contributed by atoms with Gasteiger partial charge in [-0.2, -0.15) is 0 Å². The maximum absolute atomic E-state index is 13.7. The minimum absolute atomic E-state index is 0.0266. The van der Waals surface area contributed by atoms with Crippen LogP contribution in [0.15, 0.2) is 43.0 Å². The SMILES string of the molecule is COc1cc(C(CC(=O)NCCCn2ccnc2)c2c(O)cc3c(c2O)C(=O)O[C@@H](C)CCCC(=O)CCCC=C3)cc(OC)c1OC. The van der Waals surface area contributed by atoms with Crippen molar-refractivity contribution in [1.82, 2.24) is 14.9 Å². The normalized spacial score (nSPS) is 16.3. The average Bonchev–Trinajstić information content (AvgIpc) is 3.58. The van der Waals surface area contributed by atoms with Gasteiger partial charge in [-0.15, -0.1) is 0 Å². The van der Waals surface area contributed by atoms with Crippen molar-refractivity contribution in [3.8, 4) is 28.7 Å². The summed E-state index contributed by atoms with van der Waals surface area (Å²) in [7, 11) is 4.39. The second kappa shape index (κ2) is 17.2. The molecule has 2 atom stereocenters. The highest BCUT2D eigenvalue weighted by molar-refractivity contribution is 5.98. The van der Waals surface area contributed by atoms with Crippen LogP contribution in [0.5, 0.6) is 28.7 Å². The molecular formula is C36H45N3O9. The predicted octanol–water partition coefficient (Wildman–Crippen LogP) is 5.53. The number of rotatable bonds is 11. The molecule has 0 fully saturated rings. The lowest BCUT2D eigenvalue weighted by Crippen LogP contribution is -2.27. The van der Waals surface area contributed by atoms with Gasteiger partial charge in [-0.25, -0.2) is 9.78 Å². The Bertz CT molecular complexity index is 1580. The fourth-order valence-electron chi connectivity index (χ4n) is 5.87. The molecular weight excluding hydrogens is 618 g/mol. The van der Waals surface area contributed by atoms with E-state index in [1.54, 1.807) is 43.7 Å². The summed E-state index contributed by atoms with van der Waals surface area (Å²) in [6, 6.07) is 4.67. The number of ether oxygens (including phenoxy) is 4. The summed E-state index contributed by atoms with van der Waals surface area (Å²) in [5, 5.41) is 26.3. The van der Waals surface area contributed by atoms with Gasteiger partial charge in [0.05, 0.1) is 33.8 Å². The number of carbonyl (C=O) groups is 3. The molecule has 48 heavy (non-hydrogen) atoms. The number of aromatic nitrogens is 2. The largest absolute Gasteiger partial charge is 0.507 e. The molecule has 0 saturated heterocycles. The predicted molar refractivity (Wildman–Crippen MR) is 179 cm³/mol. The maximum atomic E-state index is 13.7. The molecule has 1 aromatic heterocycles. The number of methoxy groups -OCH3 is 3. The van der Waals surface area contributed by atoms with Crippen molar-refractivity contribution >= 4 is 23.7 Å². The number of ketones is 1. The molecule has 3 N–H and O–H groups in total. The number of nitrogens with one attached hydrogen (secondary N) is 1. The number of phenols is 2. The lowest BCUT2D eigenvalue weighted by atomic mass is 9.84. The van der Waals surface area contributed by atoms with E-state index >= 15 is 0 Å². The van der Waals surface area contributed by atoms with Crippen molar-refractivity contribution < 1.29 is 43.5 Å². The van der Waals surface area contributed by atoms with Gasteiger partial charge in [-0.3, -0.25) is 9.59 Å². The first-order valence-corrected chi connectivity index (χ1v) is 16.2. The van der Waals surface area contributed by atoms with E-state index in [-0.39, 0.29) is 40.6 Å². The summed E-state index contributed by atoms with van der Waals surface area (Å²) in [4.78, 5) is 43.3. The third-order valence-corrected chi connectivity index (χ3v) is 8.35. The number of esters is 1. The smallest absolute Gasteiger partial charge is 0.342 e. The van der Waals surface area contributed by atoms with E-state index in [1.165, 1.54) is 27.4 Å². The number of cyclic esters (lactones) is 1. The van der Waals surface area contributed by atoms with Crippen molar-refractivity contribution in [2.75, 3.05) is 27.9 Å². The minimum Gasteiger partial charge on any atom is -0.507 e. The number of aromatic hydroxyl groups is 2. The Hall–Kier alpha value is -5.00. The summed E-state index contributed by atoms with van der Waals surface area (Å²) in [5.41, 5.74) is 0.562. The molecule has 3 aromatic rings. The first kappa shape index (κ1) is 35.8. The van der Waals surface area contributed by atoms with E-state index in [0.29, 0.717) is 80.8 Å². The minimum atomic E-state index is -0.953. The monoisotopic (exact) mass is 663 g/mol. The Morgan fingerprint density at radius 3 is 2.48 bits per heavy atom. The van der Waals surface area contributed by atoms with Crippen LogP contribution in [0.1, 0.15) is 91.3 Å².